The summed E-state index contributed by atoms with van der Waals surface area (Å²) in [6.45, 7) is 5.95. The molecule has 150 valence electrons. The van der Waals surface area contributed by atoms with Crippen LogP contribution in [0.1, 0.15) is 52.0 Å². The number of carbonyl (C=O) groups excluding carboxylic acids is 2. The highest BCUT2D eigenvalue weighted by Gasteiger charge is 2.33. The number of aromatic nitrogens is 2. The summed E-state index contributed by atoms with van der Waals surface area (Å²) in [5, 5.41) is 4.66. The maximum Gasteiger partial charge on any atom is 0.249 e. The second kappa shape index (κ2) is 8.73. The molecule has 1 saturated heterocycles. The predicted molar refractivity (Wildman–Crippen MR) is 106 cm³/mol. The van der Waals surface area contributed by atoms with Crippen molar-refractivity contribution in [2.75, 3.05) is 13.1 Å². The van der Waals surface area contributed by atoms with Gasteiger partial charge in [-0.2, -0.15) is 4.98 Å². The fourth-order valence-electron chi connectivity index (χ4n) is 3.50. The summed E-state index contributed by atoms with van der Waals surface area (Å²) in [5.41, 5.74) is 0.763. The zero-order valence-corrected chi connectivity index (χ0v) is 17.1. The third-order valence-electron chi connectivity index (χ3n) is 4.97. The normalized spacial score (nSPS) is 17.0. The summed E-state index contributed by atoms with van der Waals surface area (Å²) in [6.07, 6.45) is 2.65. The van der Waals surface area contributed by atoms with Gasteiger partial charge in [-0.25, -0.2) is 0 Å². The van der Waals surface area contributed by atoms with Crippen molar-refractivity contribution in [1.29, 1.82) is 0 Å². The quantitative estimate of drug-likeness (QED) is 0.759. The van der Waals surface area contributed by atoms with Crippen LogP contribution in [0.15, 0.2) is 28.8 Å². The minimum Gasteiger partial charge on any atom is -0.337 e. The van der Waals surface area contributed by atoms with Crippen LogP contribution >= 0.6 is 11.6 Å². The van der Waals surface area contributed by atoms with E-state index in [1.165, 1.54) is 6.92 Å². The first-order chi connectivity index (χ1) is 13.4. The number of hydrogen-bond acceptors (Lipinski definition) is 5. The fourth-order valence-corrected chi connectivity index (χ4v) is 3.69. The Kier molecular flexibility index (Phi) is 6.34. The molecule has 1 unspecified atom stereocenters. The molecule has 0 spiro atoms. The number of benzene rings is 1. The molecule has 1 aliphatic heterocycles. The molecule has 1 aliphatic rings. The average molecular weight is 405 g/mol. The molecule has 8 heteroatoms. The highest BCUT2D eigenvalue weighted by molar-refractivity contribution is 6.30. The SMILES string of the molecule is CC(=O)N(CC(=O)N1CCCCC1c1nc(-c2cccc(Cl)c2)no1)C(C)C. The molecule has 0 N–H and O–H groups in total. The highest BCUT2D eigenvalue weighted by atomic mass is 35.5. The Morgan fingerprint density at radius 3 is 2.82 bits per heavy atom. The number of hydrogen-bond donors (Lipinski definition) is 0. The molecule has 0 saturated carbocycles. The van der Waals surface area contributed by atoms with Gasteiger partial charge >= 0.3 is 0 Å². The van der Waals surface area contributed by atoms with Crippen molar-refractivity contribution in [2.45, 2.75) is 52.1 Å². The van der Waals surface area contributed by atoms with Crippen molar-refractivity contribution < 1.29 is 14.1 Å². The number of likely N-dealkylation sites (tertiary alicyclic amines) is 1. The predicted octanol–water partition coefficient (Wildman–Crippen LogP) is 3.70. The van der Waals surface area contributed by atoms with Crippen molar-refractivity contribution in [2.24, 2.45) is 0 Å². The van der Waals surface area contributed by atoms with Gasteiger partial charge in [0.05, 0.1) is 6.54 Å². The van der Waals surface area contributed by atoms with Crippen molar-refractivity contribution in [3.63, 3.8) is 0 Å². The van der Waals surface area contributed by atoms with Gasteiger partial charge in [-0.15, -0.1) is 0 Å². The lowest BCUT2D eigenvalue weighted by atomic mass is 10.0. The first-order valence-corrected chi connectivity index (χ1v) is 9.91. The van der Waals surface area contributed by atoms with E-state index in [-0.39, 0.29) is 30.4 Å². The zero-order chi connectivity index (χ0) is 20.3. The lowest BCUT2D eigenvalue weighted by molar-refractivity contribution is -0.143. The monoisotopic (exact) mass is 404 g/mol. The van der Waals surface area contributed by atoms with Gasteiger partial charge in [-0.05, 0) is 45.2 Å². The van der Waals surface area contributed by atoms with Gasteiger partial charge in [-0.3, -0.25) is 9.59 Å². The molecule has 1 atom stereocenters. The highest BCUT2D eigenvalue weighted by Crippen LogP contribution is 2.31. The van der Waals surface area contributed by atoms with Crippen molar-refractivity contribution in [1.82, 2.24) is 19.9 Å². The maximum atomic E-state index is 12.9. The number of halogens is 1. The van der Waals surface area contributed by atoms with Crippen LogP contribution < -0.4 is 0 Å². The molecule has 1 fully saturated rings. The summed E-state index contributed by atoms with van der Waals surface area (Å²) in [5.74, 6) is 0.652. The summed E-state index contributed by atoms with van der Waals surface area (Å²) < 4.78 is 5.50. The second-order valence-electron chi connectivity index (χ2n) is 7.31. The molecule has 0 radical (unpaired) electrons. The topological polar surface area (TPSA) is 79.5 Å². The Hall–Kier alpha value is -2.41. The van der Waals surface area contributed by atoms with Gasteiger partial charge < -0.3 is 14.3 Å². The minimum atomic E-state index is -0.275. The molecule has 7 nitrogen and oxygen atoms in total. The number of piperidine rings is 1. The van der Waals surface area contributed by atoms with Crippen LogP contribution in [0, 0.1) is 0 Å². The summed E-state index contributed by atoms with van der Waals surface area (Å²) in [7, 11) is 0. The van der Waals surface area contributed by atoms with E-state index in [0.29, 0.717) is 23.3 Å². The fraction of sp³-hybridized carbons (Fsp3) is 0.500. The molecule has 1 aromatic carbocycles. The van der Waals surface area contributed by atoms with Crippen LogP contribution in [-0.4, -0.2) is 50.9 Å². The Morgan fingerprint density at radius 2 is 2.14 bits per heavy atom. The van der Waals surface area contributed by atoms with E-state index >= 15 is 0 Å². The van der Waals surface area contributed by atoms with Gasteiger partial charge in [-0.1, -0.05) is 28.9 Å². The molecule has 28 heavy (non-hydrogen) atoms. The second-order valence-corrected chi connectivity index (χ2v) is 7.74. The van der Waals surface area contributed by atoms with E-state index in [1.807, 2.05) is 26.0 Å². The maximum absolute atomic E-state index is 12.9. The van der Waals surface area contributed by atoms with Crippen LogP contribution in [0.5, 0.6) is 0 Å². The third-order valence-corrected chi connectivity index (χ3v) is 5.20. The van der Waals surface area contributed by atoms with Crippen molar-refractivity contribution >= 4 is 23.4 Å². The van der Waals surface area contributed by atoms with Crippen LogP contribution in [0.4, 0.5) is 0 Å². The Morgan fingerprint density at radius 1 is 1.36 bits per heavy atom. The summed E-state index contributed by atoms with van der Waals surface area (Å²) in [6, 6.07) is 6.92. The van der Waals surface area contributed by atoms with Gasteiger partial charge in [0.15, 0.2) is 0 Å². The van der Waals surface area contributed by atoms with E-state index in [1.54, 1.807) is 21.9 Å². The van der Waals surface area contributed by atoms with Crippen LogP contribution in [-0.2, 0) is 9.59 Å². The Bertz CT molecular complexity index is 851. The van der Waals surface area contributed by atoms with Crippen LogP contribution in [0.3, 0.4) is 0 Å². The van der Waals surface area contributed by atoms with E-state index in [0.717, 1.165) is 24.8 Å². The van der Waals surface area contributed by atoms with Crippen molar-refractivity contribution in [3.05, 3.63) is 35.2 Å². The van der Waals surface area contributed by atoms with Gasteiger partial charge in [0.1, 0.15) is 6.04 Å². The van der Waals surface area contributed by atoms with E-state index in [4.69, 9.17) is 16.1 Å². The van der Waals surface area contributed by atoms with Gasteiger partial charge in [0.25, 0.3) is 0 Å². The van der Waals surface area contributed by atoms with Gasteiger partial charge in [0.2, 0.25) is 23.5 Å². The molecule has 1 aromatic heterocycles. The van der Waals surface area contributed by atoms with Crippen LogP contribution in [0.25, 0.3) is 11.4 Å². The average Bonchev–Trinajstić information content (AvgIpc) is 3.15. The molecule has 2 amide bonds. The Balaban J connectivity index is 1.80. The largest absolute Gasteiger partial charge is 0.337 e. The summed E-state index contributed by atoms with van der Waals surface area (Å²) >= 11 is 6.04. The van der Waals surface area contributed by atoms with Gasteiger partial charge in [0, 0.05) is 30.1 Å². The lowest BCUT2D eigenvalue weighted by Crippen LogP contribution is -2.47. The number of rotatable bonds is 5. The van der Waals surface area contributed by atoms with E-state index in [9.17, 15) is 9.59 Å². The third kappa shape index (κ3) is 4.52. The standard InChI is InChI=1S/C20H25ClN4O3/c1-13(2)25(14(3)26)12-18(27)24-10-5-4-9-17(24)20-22-19(23-28-20)15-7-6-8-16(21)11-15/h6-8,11,13,17H,4-5,9-10,12H2,1-3H3. The smallest absolute Gasteiger partial charge is 0.249 e. The lowest BCUT2D eigenvalue weighted by Gasteiger charge is -2.35. The molecule has 2 aromatic rings. The first kappa shape index (κ1) is 20.3. The summed E-state index contributed by atoms with van der Waals surface area (Å²) in [4.78, 5) is 32.6. The van der Waals surface area contributed by atoms with Crippen LogP contribution in [0.2, 0.25) is 5.02 Å². The zero-order valence-electron chi connectivity index (χ0n) is 16.4. The van der Waals surface area contributed by atoms with E-state index in [2.05, 4.69) is 10.1 Å². The number of amides is 2. The first-order valence-electron chi connectivity index (χ1n) is 9.53. The molecular weight excluding hydrogens is 380 g/mol. The molecule has 0 bridgehead atoms. The number of carbonyl (C=O) groups is 2. The van der Waals surface area contributed by atoms with E-state index < -0.39 is 0 Å². The number of nitrogens with zero attached hydrogens (tertiary/aromatic N) is 4. The van der Waals surface area contributed by atoms with Crippen molar-refractivity contribution in [3.8, 4) is 11.4 Å². The minimum absolute atomic E-state index is 0.0393. The molecule has 2 heterocycles. The molecule has 3 rings (SSSR count). The molecular formula is C20H25ClN4O3. The molecule has 0 aliphatic carbocycles. The Labute approximate surface area is 169 Å².